The number of benzene rings is 1. The minimum absolute atomic E-state index is 0.0423. The number of hydrogen-bond acceptors (Lipinski definition) is 3. The molecule has 7 heteroatoms. The SMILES string of the molecule is CC1(NS(=O)(=O)c2ccc(C(=O)O)cc2Br)CCC1. The van der Waals surface area contributed by atoms with Gasteiger partial charge in [-0.25, -0.2) is 17.9 Å². The van der Waals surface area contributed by atoms with Crippen LogP contribution in [0.5, 0.6) is 0 Å². The second kappa shape index (κ2) is 4.88. The highest BCUT2D eigenvalue weighted by atomic mass is 79.9. The molecular weight excluding hydrogens is 334 g/mol. The van der Waals surface area contributed by atoms with E-state index in [9.17, 15) is 13.2 Å². The van der Waals surface area contributed by atoms with Crippen LogP contribution >= 0.6 is 15.9 Å². The average Bonchev–Trinajstić information content (AvgIpc) is 2.25. The van der Waals surface area contributed by atoms with Crippen molar-refractivity contribution in [2.75, 3.05) is 0 Å². The molecule has 0 saturated heterocycles. The van der Waals surface area contributed by atoms with Crippen LogP contribution in [0.1, 0.15) is 36.5 Å². The number of sulfonamides is 1. The number of halogens is 1. The Labute approximate surface area is 120 Å². The fourth-order valence-corrected chi connectivity index (χ4v) is 4.58. The molecule has 0 spiro atoms. The van der Waals surface area contributed by atoms with Crippen LogP contribution in [0.25, 0.3) is 0 Å². The summed E-state index contributed by atoms with van der Waals surface area (Å²) in [5, 5.41) is 8.85. The van der Waals surface area contributed by atoms with Gasteiger partial charge in [-0.2, -0.15) is 0 Å². The molecular formula is C12H14BrNO4S. The van der Waals surface area contributed by atoms with Crippen molar-refractivity contribution < 1.29 is 18.3 Å². The maximum atomic E-state index is 12.3. The van der Waals surface area contributed by atoms with Crippen LogP contribution < -0.4 is 4.72 Å². The van der Waals surface area contributed by atoms with Gasteiger partial charge in [0.15, 0.2) is 0 Å². The van der Waals surface area contributed by atoms with E-state index in [1.807, 2.05) is 6.92 Å². The number of aromatic carboxylic acids is 1. The first-order valence-corrected chi connectivity index (χ1v) is 8.08. The third-order valence-corrected chi connectivity index (χ3v) is 5.92. The summed E-state index contributed by atoms with van der Waals surface area (Å²) >= 11 is 3.12. The zero-order valence-corrected chi connectivity index (χ0v) is 12.7. The van der Waals surface area contributed by atoms with E-state index < -0.39 is 16.0 Å². The lowest BCUT2D eigenvalue weighted by molar-refractivity contribution is 0.0696. The minimum Gasteiger partial charge on any atom is -0.478 e. The fraction of sp³-hybridized carbons (Fsp3) is 0.417. The molecule has 1 aliphatic rings. The van der Waals surface area contributed by atoms with Crippen LogP contribution in [0, 0.1) is 0 Å². The summed E-state index contributed by atoms with van der Waals surface area (Å²) in [6.45, 7) is 1.87. The van der Waals surface area contributed by atoms with Gasteiger partial charge in [-0.1, -0.05) is 0 Å². The number of carboxylic acid groups (broad SMARTS) is 1. The Morgan fingerprint density at radius 2 is 2.05 bits per heavy atom. The molecule has 0 amide bonds. The van der Waals surface area contributed by atoms with Crippen molar-refractivity contribution in [2.45, 2.75) is 36.6 Å². The monoisotopic (exact) mass is 347 g/mol. The molecule has 1 fully saturated rings. The normalized spacial score (nSPS) is 17.8. The van der Waals surface area contributed by atoms with Crippen LogP contribution in [0.4, 0.5) is 0 Å². The largest absolute Gasteiger partial charge is 0.478 e. The first kappa shape index (κ1) is 14.5. The Balaban J connectivity index is 2.33. The molecule has 104 valence electrons. The van der Waals surface area contributed by atoms with Crippen molar-refractivity contribution in [2.24, 2.45) is 0 Å². The quantitative estimate of drug-likeness (QED) is 0.875. The van der Waals surface area contributed by atoms with Gasteiger partial charge < -0.3 is 5.11 Å². The standard InChI is InChI=1S/C12H14BrNO4S/c1-12(5-2-6-12)14-19(17,18)10-4-3-8(11(15)16)7-9(10)13/h3-4,7,14H,2,5-6H2,1H3,(H,15,16). The third-order valence-electron chi connectivity index (χ3n) is 3.31. The van der Waals surface area contributed by atoms with Crippen LogP contribution in [-0.2, 0) is 10.0 Å². The molecule has 1 aromatic rings. The van der Waals surface area contributed by atoms with Crippen molar-refractivity contribution >= 4 is 31.9 Å². The molecule has 0 bridgehead atoms. The van der Waals surface area contributed by atoms with Gasteiger partial charge in [-0.15, -0.1) is 0 Å². The van der Waals surface area contributed by atoms with Crippen LogP contribution in [0.15, 0.2) is 27.6 Å². The molecule has 1 aliphatic carbocycles. The number of carboxylic acids is 1. The Morgan fingerprint density at radius 3 is 2.47 bits per heavy atom. The highest BCUT2D eigenvalue weighted by Gasteiger charge is 2.36. The first-order chi connectivity index (χ1) is 8.73. The fourth-order valence-electron chi connectivity index (χ4n) is 2.04. The zero-order chi connectivity index (χ0) is 14.3. The van der Waals surface area contributed by atoms with E-state index in [2.05, 4.69) is 20.7 Å². The van der Waals surface area contributed by atoms with E-state index >= 15 is 0 Å². The summed E-state index contributed by atoms with van der Waals surface area (Å²) in [4.78, 5) is 10.9. The van der Waals surface area contributed by atoms with Gasteiger partial charge in [0.05, 0.1) is 10.5 Å². The summed E-state index contributed by atoms with van der Waals surface area (Å²) in [7, 11) is -3.64. The molecule has 0 radical (unpaired) electrons. The van der Waals surface area contributed by atoms with Crippen LogP contribution in [0.2, 0.25) is 0 Å². The van der Waals surface area contributed by atoms with E-state index in [-0.39, 0.29) is 20.5 Å². The minimum atomic E-state index is -3.64. The van der Waals surface area contributed by atoms with Gasteiger partial charge in [0.2, 0.25) is 10.0 Å². The molecule has 0 heterocycles. The van der Waals surface area contributed by atoms with Crippen molar-refractivity contribution in [1.82, 2.24) is 4.72 Å². The van der Waals surface area contributed by atoms with Crippen LogP contribution in [-0.4, -0.2) is 25.0 Å². The number of hydrogen-bond donors (Lipinski definition) is 2. The Bertz CT molecular complexity index is 623. The smallest absolute Gasteiger partial charge is 0.335 e. The lowest BCUT2D eigenvalue weighted by Gasteiger charge is -2.38. The van der Waals surface area contributed by atoms with Gasteiger partial charge in [-0.3, -0.25) is 0 Å². The summed E-state index contributed by atoms with van der Waals surface area (Å²) in [6, 6.07) is 3.88. The summed E-state index contributed by atoms with van der Waals surface area (Å²) in [5.41, 5.74) is -0.343. The lowest BCUT2D eigenvalue weighted by Crippen LogP contribution is -2.50. The zero-order valence-electron chi connectivity index (χ0n) is 10.3. The number of carbonyl (C=O) groups is 1. The Hall–Kier alpha value is -0.920. The molecule has 2 rings (SSSR count). The predicted molar refractivity (Wildman–Crippen MR) is 73.7 cm³/mol. The molecule has 0 aliphatic heterocycles. The number of nitrogens with one attached hydrogen (secondary N) is 1. The van der Waals surface area contributed by atoms with Gasteiger partial charge >= 0.3 is 5.97 Å². The highest BCUT2D eigenvalue weighted by Crippen LogP contribution is 2.33. The van der Waals surface area contributed by atoms with Crippen molar-refractivity contribution in [3.63, 3.8) is 0 Å². The molecule has 0 unspecified atom stereocenters. The summed E-state index contributed by atoms with van der Waals surface area (Å²) in [5.74, 6) is -1.09. The van der Waals surface area contributed by atoms with Crippen molar-refractivity contribution in [1.29, 1.82) is 0 Å². The lowest BCUT2D eigenvalue weighted by atomic mass is 9.80. The second-order valence-electron chi connectivity index (χ2n) is 4.97. The van der Waals surface area contributed by atoms with Crippen LogP contribution in [0.3, 0.4) is 0 Å². The van der Waals surface area contributed by atoms with Gasteiger partial charge in [-0.05, 0) is 60.3 Å². The summed E-state index contributed by atoms with van der Waals surface area (Å²) in [6.07, 6.45) is 2.65. The van der Waals surface area contributed by atoms with E-state index in [4.69, 9.17) is 5.11 Å². The molecule has 1 saturated carbocycles. The molecule has 19 heavy (non-hydrogen) atoms. The molecule has 2 N–H and O–H groups in total. The maximum Gasteiger partial charge on any atom is 0.335 e. The molecule has 0 atom stereocenters. The third kappa shape index (κ3) is 2.98. The predicted octanol–water partition coefficient (Wildman–Crippen LogP) is 2.37. The highest BCUT2D eigenvalue weighted by molar-refractivity contribution is 9.10. The number of rotatable bonds is 4. The molecule has 1 aromatic carbocycles. The van der Waals surface area contributed by atoms with Gasteiger partial charge in [0.25, 0.3) is 0 Å². The Morgan fingerprint density at radius 1 is 1.42 bits per heavy atom. The van der Waals surface area contributed by atoms with Crippen molar-refractivity contribution in [3.05, 3.63) is 28.2 Å². The first-order valence-electron chi connectivity index (χ1n) is 5.80. The van der Waals surface area contributed by atoms with E-state index in [1.165, 1.54) is 18.2 Å². The van der Waals surface area contributed by atoms with Crippen molar-refractivity contribution in [3.8, 4) is 0 Å². The average molecular weight is 348 g/mol. The van der Waals surface area contributed by atoms with Gasteiger partial charge in [0, 0.05) is 10.0 Å². The van der Waals surface area contributed by atoms with E-state index in [0.717, 1.165) is 19.3 Å². The summed E-state index contributed by atoms with van der Waals surface area (Å²) < 4.78 is 27.4. The Kier molecular flexibility index (Phi) is 3.72. The molecule has 0 aromatic heterocycles. The van der Waals surface area contributed by atoms with E-state index in [0.29, 0.717) is 0 Å². The molecule has 5 nitrogen and oxygen atoms in total. The van der Waals surface area contributed by atoms with E-state index in [1.54, 1.807) is 0 Å². The topological polar surface area (TPSA) is 83.5 Å². The second-order valence-corrected chi connectivity index (χ2v) is 7.48. The van der Waals surface area contributed by atoms with Gasteiger partial charge in [0.1, 0.15) is 0 Å². The maximum absolute atomic E-state index is 12.3.